The van der Waals surface area contributed by atoms with Crippen LogP contribution in [-0.4, -0.2) is 94.6 Å². The average molecular weight is 1120 g/mol. The molecule has 3 saturated carbocycles. The highest BCUT2D eigenvalue weighted by molar-refractivity contribution is 7.23. The number of nitrogens with one attached hydrogen (secondary N) is 3. The number of fused-ring (bicyclic) bond motifs is 3. The van der Waals surface area contributed by atoms with Crippen LogP contribution in [0.3, 0.4) is 0 Å². The van der Waals surface area contributed by atoms with Gasteiger partial charge in [-0.25, -0.2) is 48.1 Å². The SMILES string of the molecule is CC1CCC(N=C=O)CC1.CC1CCC(NC(=O)N(C)c2cc3oc(=O)c(C(=O)O)cc3s2)CC1.CNc1cc2oc(=O)c(C(=O)OC)cc2s1.COC(=O)c1cc2sc(N(C)C(=O)NC3CCC(C)CC3)cc2oc1=O. The van der Waals surface area contributed by atoms with Crippen molar-refractivity contribution in [2.24, 2.45) is 22.7 Å². The molecule has 3 aliphatic carbocycles. The number of hydrogen-bond acceptors (Lipinski definition) is 19. The Morgan fingerprint density at radius 2 is 0.948 bits per heavy atom. The zero-order valence-electron chi connectivity index (χ0n) is 44.1. The number of hydrogen-bond donors (Lipinski definition) is 4. The van der Waals surface area contributed by atoms with Crippen molar-refractivity contribution in [1.29, 1.82) is 0 Å². The van der Waals surface area contributed by atoms with Crippen LogP contribution in [0, 0.1) is 17.8 Å². The maximum atomic E-state index is 12.5. The number of aromatic carboxylic acids is 1. The number of nitrogens with zero attached hydrogens (tertiary/aromatic N) is 3. The predicted molar refractivity (Wildman–Crippen MR) is 297 cm³/mol. The number of carbonyl (C=O) groups is 5. The van der Waals surface area contributed by atoms with E-state index >= 15 is 0 Å². The quantitative estimate of drug-likeness (QED) is 0.0595. The minimum absolute atomic E-state index is 0.0838. The molecule has 0 atom stereocenters. The number of amides is 4. The van der Waals surface area contributed by atoms with Crippen molar-refractivity contribution in [2.45, 2.75) is 116 Å². The Labute approximate surface area is 454 Å². The molecule has 0 bridgehead atoms. The lowest BCUT2D eigenvalue weighted by Crippen LogP contribution is -2.44. The van der Waals surface area contributed by atoms with E-state index in [1.165, 1.54) is 89.1 Å². The predicted octanol–water partition coefficient (Wildman–Crippen LogP) is 10.2. The molecule has 414 valence electrons. The van der Waals surface area contributed by atoms with Crippen LogP contribution in [0.4, 0.5) is 24.6 Å². The molecule has 4 N–H and O–H groups in total. The Morgan fingerprint density at radius 3 is 1.32 bits per heavy atom. The Hall–Kier alpha value is -7.14. The lowest BCUT2D eigenvalue weighted by atomic mass is 9.87. The highest BCUT2D eigenvalue weighted by atomic mass is 32.1. The van der Waals surface area contributed by atoms with E-state index in [0.717, 1.165) is 85.7 Å². The van der Waals surface area contributed by atoms with Gasteiger partial charge in [0.1, 0.15) is 26.7 Å². The Kier molecular flexibility index (Phi) is 20.9. The lowest BCUT2D eigenvalue weighted by Gasteiger charge is -2.28. The normalized spacial score (nSPS) is 19.8. The highest BCUT2D eigenvalue weighted by Gasteiger charge is 2.26. The van der Waals surface area contributed by atoms with E-state index in [1.54, 1.807) is 45.4 Å². The first-order chi connectivity index (χ1) is 36.7. The number of urea groups is 2. The van der Waals surface area contributed by atoms with E-state index in [4.69, 9.17) is 18.4 Å². The molecule has 3 fully saturated rings. The van der Waals surface area contributed by atoms with Crippen molar-refractivity contribution in [3.05, 3.63) is 84.3 Å². The first-order valence-corrected chi connectivity index (χ1v) is 27.6. The van der Waals surface area contributed by atoms with Crippen molar-refractivity contribution in [2.75, 3.05) is 50.5 Å². The van der Waals surface area contributed by atoms with Crippen LogP contribution < -0.4 is 42.6 Å². The van der Waals surface area contributed by atoms with Gasteiger partial charge in [0, 0.05) is 51.4 Å². The maximum Gasteiger partial charge on any atom is 0.351 e. The van der Waals surface area contributed by atoms with Gasteiger partial charge in [0.25, 0.3) is 0 Å². The summed E-state index contributed by atoms with van der Waals surface area (Å²) in [5.74, 6) is -0.500. The molecule has 0 aliphatic heterocycles. The van der Waals surface area contributed by atoms with Crippen molar-refractivity contribution < 1.29 is 56.6 Å². The van der Waals surface area contributed by atoms with E-state index in [0.29, 0.717) is 36.5 Å². The van der Waals surface area contributed by atoms with Crippen LogP contribution in [0.15, 0.2) is 69.0 Å². The summed E-state index contributed by atoms with van der Waals surface area (Å²) in [6.07, 6.45) is 14.6. The number of esters is 2. The van der Waals surface area contributed by atoms with Crippen molar-refractivity contribution in [3.63, 3.8) is 0 Å². The molecule has 0 spiro atoms. The van der Waals surface area contributed by atoms with Gasteiger partial charge in [-0.1, -0.05) is 20.8 Å². The Balaban J connectivity index is 0.000000175. The number of carbonyl (C=O) groups excluding carboxylic acids is 5. The second-order valence-electron chi connectivity index (χ2n) is 19.4. The van der Waals surface area contributed by atoms with Crippen LogP contribution in [0.25, 0.3) is 30.8 Å². The largest absolute Gasteiger partial charge is 0.477 e. The van der Waals surface area contributed by atoms with Gasteiger partial charge in [0.15, 0.2) is 16.7 Å². The zero-order valence-corrected chi connectivity index (χ0v) is 46.6. The number of rotatable bonds is 9. The molecule has 6 heterocycles. The van der Waals surface area contributed by atoms with Crippen LogP contribution in [0.5, 0.6) is 0 Å². The first kappa shape index (κ1) is 59.1. The zero-order chi connectivity index (χ0) is 56.1. The highest BCUT2D eigenvalue weighted by Crippen LogP contribution is 2.34. The summed E-state index contributed by atoms with van der Waals surface area (Å²) in [6, 6.07) is 9.38. The number of isocyanates is 1. The molecule has 4 amide bonds. The molecule has 77 heavy (non-hydrogen) atoms. The second-order valence-corrected chi connectivity index (χ2v) is 22.6. The number of carboxylic acid groups (broad SMARTS) is 1. The molecule has 9 rings (SSSR count). The number of carboxylic acids is 1. The van der Waals surface area contributed by atoms with Crippen LogP contribution in [0.2, 0.25) is 0 Å². The van der Waals surface area contributed by atoms with Gasteiger partial charge >= 0.3 is 46.8 Å². The number of anilines is 3. The molecule has 0 aromatic carbocycles. The lowest BCUT2D eigenvalue weighted by molar-refractivity contribution is 0.0587. The molecular formula is C53H64N6O15S3. The van der Waals surface area contributed by atoms with Gasteiger partial charge in [-0.15, -0.1) is 34.0 Å². The molecule has 0 unspecified atom stereocenters. The molecule has 21 nitrogen and oxygen atoms in total. The Bertz CT molecular complexity index is 3290. The maximum absolute atomic E-state index is 12.5. The minimum Gasteiger partial charge on any atom is -0.477 e. The van der Waals surface area contributed by atoms with Gasteiger partial charge in [0.05, 0.1) is 39.4 Å². The van der Waals surface area contributed by atoms with Gasteiger partial charge in [0.2, 0.25) is 6.08 Å². The fourth-order valence-corrected chi connectivity index (χ4v) is 11.7. The monoisotopic (exact) mass is 1120 g/mol. The summed E-state index contributed by atoms with van der Waals surface area (Å²) in [7, 11) is 7.51. The van der Waals surface area contributed by atoms with E-state index in [-0.39, 0.29) is 46.9 Å². The fourth-order valence-electron chi connectivity index (χ4n) is 8.82. The second kappa shape index (κ2) is 27.3. The van der Waals surface area contributed by atoms with E-state index in [1.807, 2.05) is 0 Å². The smallest absolute Gasteiger partial charge is 0.351 e. The number of aliphatic imine (C=N–C) groups is 1. The van der Waals surface area contributed by atoms with E-state index in [2.05, 4.69) is 51.2 Å². The number of ether oxygens (including phenoxy) is 2. The van der Waals surface area contributed by atoms with Gasteiger partial charge in [-0.05, 0) is 113 Å². The van der Waals surface area contributed by atoms with Crippen LogP contribution >= 0.6 is 34.0 Å². The van der Waals surface area contributed by atoms with Gasteiger partial charge in [-0.2, -0.15) is 0 Å². The van der Waals surface area contributed by atoms with E-state index < -0.39 is 40.3 Å². The molecular weight excluding hydrogens is 1060 g/mol. The molecule has 0 saturated heterocycles. The molecule has 24 heteroatoms. The fraction of sp³-hybridized carbons (Fsp3) is 0.491. The number of methoxy groups -OCH3 is 2. The number of thiophene rings is 3. The summed E-state index contributed by atoms with van der Waals surface area (Å²) in [4.78, 5) is 110. The summed E-state index contributed by atoms with van der Waals surface area (Å²) in [5.41, 5.74) is -1.90. The summed E-state index contributed by atoms with van der Waals surface area (Å²) in [5, 5.41) is 20.1. The van der Waals surface area contributed by atoms with E-state index in [9.17, 15) is 43.2 Å². The summed E-state index contributed by atoms with van der Waals surface area (Å²) >= 11 is 3.87. The van der Waals surface area contributed by atoms with Crippen LogP contribution in [0.1, 0.15) is 129 Å². The Morgan fingerprint density at radius 1 is 0.584 bits per heavy atom. The van der Waals surface area contributed by atoms with Crippen molar-refractivity contribution >= 4 is 116 Å². The first-order valence-electron chi connectivity index (χ1n) is 25.2. The molecule has 6 aromatic rings. The van der Waals surface area contributed by atoms with Crippen molar-refractivity contribution in [3.8, 4) is 0 Å². The third-order valence-electron chi connectivity index (χ3n) is 13.7. The molecule has 6 aromatic heterocycles. The van der Waals surface area contributed by atoms with Crippen LogP contribution in [-0.2, 0) is 14.3 Å². The van der Waals surface area contributed by atoms with Gasteiger partial charge in [-0.3, -0.25) is 9.80 Å². The summed E-state index contributed by atoms with van der Waals surface area (Å²) in [6.45, 7) is 6.71. The topological polar surface area (TPSA) is 287 Å². The van der Waals surface area contributed by atoms with Gasteiger partial charge < -0.3 is 43.8 Å². The third-order valence-corrected chi connectivity index (χ3v) is 17.1. The molecule has 3 aliphatic rings. The summed E-state index contributed by atoms with van der Waals surface area (Å²) < 4.78 is 26.2. The molecule has 0 radical (unpaired) electrons. The standard InChI is InChI=1S/C18H22N2O5S.C17H20N2O5S.C10H9NO4S.C8H13NO/c1-10-4-6-11(7-5-10)19-18(23)20(2)15-9-13-14(26-15)8-12(16(21)24-3)17(22)25-13;1-9-3-5-10(6-4-9)18-17(23)19(2)14-8-12-13(25-14)7-11(15(20)21)16(22)24-12;1-11-8-4-6-7(16-8)3-5(9(12)14-2)10(13)15-6;1-7-2-4-8(5-3-7)9-6-10/h8-11H,4-7H2,1-3H3,(H,19,23);7-10H,3-6H2,1-2H3,(H,18,23)(H,20,21);3-4,11H,1-2H3;7-8H,2-5H2,1H3. The third kappa shape index (κ3) is 15.7. The van der Waals surface area contributed by atoms with Crippen molar-refractivity contribution in [1.82, 2.24) is 10.6 Å². The minimum atomic E-state index is -1.33. The average Bonchev–Trinajstić information content (AvgIpc) is 4.17.